The molecule has 1 aliphatic heterocycles. The van der Waals surface area contributed by atoms with E-state index in [9.17, 15) is 4.79 Å². The fourth-order valence-electron chi connectivity index (χ4n) is 2.04. The molecule has 0 fully saturated rings. The normalized spacial score (nSPS) is 13.0. The van der Waals surface area contributed by atoms with E-state index in [2.05, 4.69) is 29.1 Å². The molecule has 9 nitrogen and oxygen atoms in total. The zero-order chi connectivity index (χ0) is 20.9. The molecular weight excluding hydrogens is 368 g/mol. The minimum absolute atomic E-state index is 0.0279. The van der Waals surface area contributed by atoms with Gasteiger partial charge in [-0.05, 0) is 13.8 Å². The summed E-state index contributed by atoms with van der Waals surface area (Å²) in [6.07, 6.45) is 4.29. The van der Waals surface area contributed by atoms with Crippen molar-refractivity contribution in [2.45, 2.75) is 20.3 Å². The highest BCUT2D eigenvalue weighted by molar-refractivity contribution is 5.66. The maximum Gasteiger partial charge on any atom is 0.305 e. The SMILES string of the molecule is CCOCCN1C=CN(CC)C1.COCCOCCOCCOCCC(=O)O. The van der Waals surface area contributed by atoms with Crippen molar-refractivity contribution in [1.29, 1.82) is 0 Å². The van der Waals surface area contributed by atoms with Crippen molar-refractivity contribution in [3.8, 4) is 0 Å². The summed E-state index contributed by atoms with van der Waals surface area (Å²) in [5, 5.41) is 8.32. The van der Waals surface area contributed by atoms with Crippen LogP contribution < -0.4 is 0 Å². The Kier molecular flexibility index (Phi) is 19.3. The molecule has 0 saturated heterocycles. The van der Waals surface area contributed by atoms with Gasteiger partial charge < -0.3 is 38.6 Å². The van der Waals surface area contributed by atoms with Crippen LogP contribution >= 0.6 is 0 Å². The van der Waals surface area contributed by atoms with E-state index in [1.54, 1.807) is 7.11 Å². The van der Waals surface area contributed by atoms with Gasteiger partial charge >= 0.3 is 5.97 Å². The minimum Gasteiger partial charge on any atom is -0.481 e. The standard InChI is InChI=1S/C10H20O6.C9H18N2O/c1-13-4-5-15-8-9-16-7-6-14-3-2-10(11)12;1-3-10-5-6-11(9-10)7-8-12-4-2/h2-9H2,1H3,(H,11,12);5-6H,3-4,7-9H2,1-2H3. The van der Waals surface area contributed by atoms with Gasteiger partial charge in [0.05, 0.1) is 65.9 Å². The van der Waals surface area contributed by atoms with Crippen LogP contribution in [0.3, 0.4) is 0 Å². The van der Waals surface area contributed by atoms with Gasteiger partial charge in [0.2, 0.25) is 0 Å². The topological polar surface area (TPSA) is 89.9 Å². The third-order valence-electron chi connectivity index (χ3n) is 3.62. The molecule has 0 aliphatic carbocycles. The van der Waals surface area contributed by atoms with E-state index in [1.807, 2.05) is 6.92 Å². The summed E-state index contributed by atoms with van der Waals surface area (Å²) >= 11 is 0. The predicted octanol–water partition coefficient (Wildman–Crippen LogP) is 1.25. The molecule has 0 saturated carbocycles. The fourth-order valence-corrected chi connectivity index (χ4v) is 2.04. The van der Waals surface area contributed by atoms with E-state index in [1.165, 1.54) is 0 Å². The first-order valence-electron chi connectivity index (χ1n) is 9.82. The lowest BCUT2D eigenvalue weighted by Crippen LogP contribution is -2.27. The molecule has 28 heavy (non-hydrogen) atoms. The van der Waals surface area contributed by atoms with Crippen LogP contribution in [-0.4, -0.2) is 107 Å². The van der Waals surface area contributed by atoms with E-state index < -0.39 is 5.97 Å². The van der Waals surface area contributed by atoms with Crippen LogP contribution in [0.1, 0.15) is 20.3 Å². The smallest absolute Gasteiger partial charge is 0.305 e. The lowest BCUT2D eigenvalue weighted by molar-refractivity contribution is -0.138. The molecule has 0 aromatic carbocycles. The molecule has 166 valence electrons. The number of hydrogen-bond acceptors (Lipinski definition) is 8. The summed E-state index contributed by atoms with van der Waals surface area (Å²) in [6.45, 7) is 12.2. The van der Waals surface area contributed by atoms with Crippen molar-refractivity contribution < 1.29 is 33.6 Å². The van der Waals surface area contributed by atoms with Crippen LogP contribution in [0.15, 0.2) is 12.4 Å². The first-order chi connectivity index (χ1) is 13.6. The lowest BCUT2D eigenvalue weighted by Gasteiger charge is -2.19. The van der Waals surface area contributed by atoms with Crippen LogP contribution in [-0.2, 0) is 28.5 Å². The molecule has 0 aromatic rings. The van der Waals surface area contributed by atoms with Gasteiger partial charge in [0.15, 0.2) is 0 Å². The predicted molar refractivity (Wildman–Crippen MR) is 106 cm³/mol. The Morgan fingerprint density at radius 2 is 1.43 bits per heavy atom. The molecule has 0 radical (unpaired) electrons. The number of nitrogens with zero attached hydrogens (tertiary/aromatic N) is 2. The van der Waals surface area contributed by atoms with E-state index in [0.717, 1.165) is 33.0 Å². The number of rotatable bonds is 17. The average Bonchev–Trinajstić information content (AvgIpc) is 3.15. The van der Waals surface area contributed by atoms with Crippen molar-refractivity contribution in [2.75, 3.05) is 86.3 Å². The highest BCUT2D eigenvalue weighted by Crippen LogP contribution is 2.04. The zero-order valence-electron chi connectivity index (χ0n) is 17.6. The van der Waals surface area contributed by atoms with E-state index in [0.29, 0.717) is 39.6 Å². The fraction of sp³-hybridized carbons (Fsp3) is 0.842. The monoisotopic (exact) mass is 406 g/mol. The van der Waals surface area contributed by atoms with Crippen LogP contribution in [0.25, 0.3) is 0 Å². The van der Waals surface area contributed by atoms with Crippen LogP contribution in [0.5, 0.6) is 0 Å². The van der Waals surface area contributed by atoms with Gasteiger partial charge in [-0.25, -0.2) is 0 Å². The molecule has 0 amide bonds. The van der Waals surface area contributed by atoms with Gasteiger partial charge in [-0.2, -0.15) is 0 Å². The van der Waals surface area contributed by atoms with Gasteiger partial charge in [-0.3, -0.25) is 4.79 Å². The molecule has 0 bridgehead atoms. The lowest BCUT2D eigenvalue weighted by atomic mass is 10.5. The largest absolute Gasteiger partial charge is 0.481 e. The second-order valence-corrected chi connectivity index (χ2v) is 5.83. The molecular formula is C19H38N2O7. The molecule has 0 aromatic heterocycles. The average molecular weight is 407 g/mol. The Labute approximate surface area is 169 Å². The highest BCUT2D eigenvalue weighted by atomic mass is 16.6. The Morgan fingerprint density at radius 1 is 0.857 bits per heavy atom. The first kappa shape index (κ1) is 26.6. The Balaban J connectivity index is 0.000000540. The number of aliphatic carboxylic acids is 1. The van der Waals surface area contributed by atoms with Gasteiger partial charge in [0.25, 0.3) is 0 Å². The number of ether oxygens (including phenoxy) is 5. The molecule has 1 aliphatic rings. The highest BCUT2D eigenvalue weighted by Gasteiger charge is 2.08. The number of carboxylic acids is 1. The number of methoxy groups -OCH3 is 1. The summed E-state index contributed by atoms with van der Waals surface area (Å²) in [4.78, 5) is 14.7. The number of carbonyl (C=O) groups is 1. The van der Waals surface area contributed by atoms with Crippen molar-refractivity contribution in [3.05, 3.63) is 12.4 Å². The van der Waals surface area contributed by atoms with Gasteiger partial charge in [-0.1, -0.05) is 0 Å². The number of carboxylic acid groups (broad SMARTS) is 1. The molecule has 0 atom stereocenters. The Morgan fingerprint density at radius 3 is 1.93 bits per heavy atom. The van der Waals surface area contributed by atoms with Gasteiger partial charge in [0.1, 0.15) is 0 Å². The Bertz CT molecular complexity index is 383. The van der Waals surface area contributed by atoms with Gasteiger partial charge in [0, 0.05) is 39.2 Å². The van der Waals surface area contributed by atoms with Crippen LogP contribution in [0.4, 0.5) is 0 Å². The van der Waals surface area contributed by atoms with E-state index in [4.69, 9.17) is 28.8 Å². The number of hydrogen-bond donors (Lipinski definition) is 1. The van der Waals surface area contributed by atoms with Crippen molar-refractivity contribution in [3.63, 3.8) is 0 Å². The first-order valence-corrected chi connectivity index (χ1v) is 9.82. The molecule has 1 heterocycles. The maximum atomic E-state index is 10.1. The summed E-state index contributed by atoms with van der Waals surface area (Å²) in [5.74, 6) is -0.854. The summed E-state index contributed by atoms with van der Waals surface area (Å²) in [6, 6.07) is 0. The van der Waals surface area contributed by atoms with Crippen LogP contribution in [0.2, 0.25) is 0 Å². The molecule has 1 rings (SSSR count). The molecule has 0 spiro atoms. The zero-order valence-corrected chi connectivity index (χ0v) is 17.6. The quantitative estimate of drug-likeness (QED) is 0.358. The molecule has 0 unspecified atom stereocenters. The van der Waals surface area contributed by atoms with E-state index >= 15 is 0 Å². The minimum atomic E-state index is -0.854. The van der Waals surface area contributed by atoms with Crippen molar-refractivity contribution in [2.24, 2.45) is 0 Å². The van der Waals surface area contributed by atoms with Gasteiger partial charge in [-0.15, -0.1) is 0 Å². The van der Waals surface area contributed by atoms with Crippen molar-refractivity contribution in [1.82, 2.24) is 9.80 Å². The van der Waals surface area contributed by atoms with E-state index in [-0.39, 0.29) is 13.0 Å². The third kappa shape index (κ3) is 18.0. The summed E-state index contributed by atoms with van der Waals surface area (Å²) < 4.78 is 25.4. The third-order valence-corrected chi connectivity index (χ3v) is 3.62. The second kappa shape index (κ2) is 20.3. The summed E-state index contributed by atoms with van der Waals surface area (Å²) in [5.41, 5.74) is 0. The molecule has 9 heteroatoms. The maximum absolute atomic E-state index is 10.1. The van der Waals surface area contributed by atoms with Crippen molar-refractivity contribution >= 4 is 5.97 Å². The van der Waals surface area contributed by atoms with Crippen LogP contribution in [0, 0.1) is 0 Å². The Hall–Kier alpha value is -1.39. The molecule has 1 N–H and O–H groups in total. The summed E-state index contributed by atoms with van der Waals surface area (Å²) in [7, 11) is 1.62. The second-order valence-electron chi connectivity index (χ2n) is 5.83.